The molecule has 3 heterocycles. The van der Waals surface area contributed by atoms with E-state index in [1.54, 1.807) is 18.8 Å². The molecule has 0 aliphatic carbocycles. The number of methoxy groups -OCH3 is 2. The number of aliphatic hydroxyl groups is 1. The highest BCUT2D eigenvalue weighted by molar-refractivity contribution is 5.91. The molecule has 12 heteroatoms. The van der Waals surface area contributed by atoms with Crippen LogP contribution in [0.15, 0.2) is 120 Å². The molecule has 0 bridgehead atoms. The summed E-state index contributed by atoms with van der Waals surface area (Å²) in [6.45, 7) is 0.00601. The first-order valence-corrected chi connectivity index (χ1v) is 16.5. The Bertz CT molecular complexity index is 2110. The van der Waals surface area contributed by atoms with E-state index in [4.69, 9.17) is 18.9 Å². The van der Waals surface area contributed by atoms with Gasteiger partial charge in [-0.2, -0.15) is 4.98 Å². The number of nitrogens with one attached hydrogen (secondary N) is 2. The number of nitrogens with zero attached hydrogens (tertiary/aromatic N) is 3. The molecule has 1 amide bonds. The zero-order valence-electron chi connectivity index (χ0n) is 28.1. The van der Waals surface area contributed by atoms with Gasteiger partial charge in [0.05, 0.1) is 39.7 Å². The van der Waals surface area contributed by atoms with E-state index in [9.17, 15) is 14.7 Å². The maximum atomic E-state index is 12.9. The average Bonchev–Trinajstić information content (AvgIpc) is 3.76. The van der Waals surface area contributed by atoms with Crippen LogP contribution in [0.1, 0.15) is 34.9 Å². The van der Waals surface area contributed by atoms with Crippen molar-refractivity contribution < 1.29 is 28.8 Å². The van der Waals surface area contributed by atoms with Crippen LogP contribution < -0.4 is 20.3 Å². The molecule has 0 radical (unpaired) electrons. The standard InChI is InChI=1S/C39H37N5O7/c1-48-29-17-13-27(14-18-29)39(26-11-7-4-8-12-26,28-15-19-30(49-2)20-16-28)50-23-32-31(45)22-34(51-32)44-24-40-35-36(44)42-38(43-37(35)47)41-33(46)21-25-9-5-3-6-10-25/h3-20,24,31-32,34,45H,21-23H2,1-2H3,(H2,41,42,43,46,47)/t31-,32+,34+/m0/s1. The number of carbonyl (C=O) groups is 1. The van der Waals surface area contributed by atoms with E-state index in [0.717, 1.165) is 22.3 Å². The Labute approximate surface area is 293 Å². The van der Waals surface area contributed by atoms with Crippen LogP contribution in [0.4, 0.5) is 5.95 Å². The second-order valence-electron chi connectivity index (χ2n) is 12.2. The quantitative estimate of drug-likeness (QED) is 0.152. The van der Waals surface area contributed by atoms with Crippen LogP contribution in [-0.4, -0.2) is 63.6 Å². The van der Waals surface area contributed by atoms with Gasteiger partial charge in [0.15, 0.2) is 11.2 Å². The Morgan fingerprint density at radius 1 is 0.902 bits per heavy atom. The Hall–Kier alpha value is -5.82. The molecule has 7 rings (SSSR count). The van der Waals surface area contributed by atoms with Crippen LogP contribution >= 0.6 is 0 Å². The van der Waals surface area contributed by atoms with Gasteiger partial charge in [0.1, 0.15) is 29.4 Å². The number of imidazole rings is 1. The van der Waals surface area contributed by atoms with E-state index < -0.39 is 29.6 Å². The maximum Gasteiger partial charge on any atom is 0.280 e. The van der Waals surface area contributed by atoms with Crippen LogP contribution in [-0.2, 0) is 26.3 Å². The summed E-state index contributed by atoms with van der Waals surface area (Å²) in [7, 11) is 3.24. The van der Waals surface area contributed by atoms with Crippen molar-refractivity contribution in [1.82, 2.24) is 19.5 Å². The highest BCUT2D eigenvalue weighted by Gasteiger charge is 2.42. The molecule has 1 saturated heterocycles. The molecule has 3 atom stereocenters. The zero-order chi connectivity index (χ0) is 35.4. The summed E-state index contributed by atoms with van der Waals surface area (Å²) in [6, 6.07) is 34.5. The Morgan fingerprint density at radius 3 is 2.10 bits per heavy atom. The van der Waals surface area contributed by atoms with E-state index in [1.165, 1.54) is 6.33 Å². The van der Waals surface area contributed by atoms with Gasteiger partial charge in [-0.05, 0) is 46.5 Å². The third-order valence-electron chi connectivity index (χ3n) is 9.05. The van der Waals surface area contributed by atoms with Crippen molar-refractivity contribution in [2.45, 2.75) is 36.9 Å². The van der Waals surface area contributed by atoms with Gasteiger partial charge in [0, 0.05) is 6.42 Å². The maximum absolute atomic E-state index is 12.9. The van der Waals surface area contributed by atoms with E-state index in [1.807, 2.05) is 109 Å². The summed E-state index contributed by atoms with van der Waals surface area (Å²) < 4.78 is 25.9. The first kappa shape index (κ1) is 33.7. The van der Waals surface area contributed by atoms with Crippen LogP contribution in [0.25, 0.3) is 11.2 Å². The van der Waals surface area contributed by atoms with Gasteiger partial charge in [-0.15, -0.1) is 0 Å². The smallest absolute Gasteiger partial charge is 0.280 e. The second-order valence-corrected chi connectivity index (χ2v) is 12.2. The molecule has 4 aromatic carbocycles. The Kier molecular flexibility index (Phi) is 9.62. The summed E-state index contributed by atoms with van der Waals surface area (Å²) in [6.07, 6.45) is -0.634. The van der Waals surface area contributed by atoms with Crippen molar-refractivity contribution in [3.05, 3.63) is 148 Å². The predicted molar refractivity (Wildman–Crippen MR) is 190 cm³/mol. The Morgan fingerprint density at radius 2 is 1.49 bits per heavy atom. The van der Waals surface area contributed by atoms with E-state index in [2.05, 4.69) is 20.3 Å². The summed E-state index contributed by atoms with van der Waals surface area (Å²) in [5.41, 5.74) is 2.04. The number of aromatic amines is 1. The SMILES string of the molecule is COc1ccc(C(OC[C@H]2O[C@@H](n3cnc4c(=O)[nH]c(NC(=O)Cc5ccccc5)nc43)C[C@@H]2O)(c2ccccc2)c2ccc(OC)cc2)cc1. The Balaban J connectivity index is 1.17. The third-order valence-corrected chi connectivity index (χ3v) is 9.05. The summed E-state index contributed by atoms with van der Waals surface area (Å²) >= 11 is 0. The average molecular weight is 688 g/mol. The molecule has 2 aromatic heterocycles. The monoisotopic (exact) mass is 687 g/mol. The number of aliphatic hydroxyl groups excluding tert-OH is 1. The molecular formula is C39H37N5O7. The number of amides is 1. The minimum absolute atomic E-state index is 0.00601. The van der Waals surface area contributed by atoms with Gasteiger partial charge in [0.25, 0.3) is 5.56 Å². The fourth-order valence-corrected chi connectivity index (χ4v) is 6.47. The van der Waals surface area contributed by atoms with Crippen LogP contribution in [0.5, 0.6) is 11.5 Å². The van der Waals surface area contributed by atoms with Gasteiger partial charge < -0.3 is 24.1 Å². The molecule has 1 aliphatic rings. The molecule has 1 fully saturated rings. The van der Waals surface area contributed by atoms with Crippen molar-refractivity contribution in [2.24, 2.45) is 0 Å². The van der Waals surface area contributed by atoms with E-state index in [-0.39, 0.29) is 42.5 Å². The number of hydrogen-bond acceptors (Lipinski definition) is 9. The lowest BCUT2D eigenvalue weighted by atomic mass is 9.80. The van der Waals surface area contributed by atoms with Gasteiger partial charge in [-0.25, -0.2) is 4.98 Å². The van der Waals surface area contributed by atoms with Crippen molar-refractivity contribution in [3.8, 4) is 11.5 Å². The molecule has 3 N–H and O–H groups in total. The molecular weight excluding hydrogens is 650 g/mol. The lowest BCUT2D eigenvalue weighted by molar-refractivity contribution is -0.115. The fraction of sp³-hybridized carbons (Fsp3) is 0.231. The van der Waals surface area contributed by atoms with Crippen molar-refractivity contribution in [1.29, 1.82) is 0 Å². The van der Waals surface area contributed by atoms with Gasteiger partial charge >= 0.3 is 0 Å². The molecule has 0 saturated carbocycles. The lowest BCUT2D eigenvalue weighted by Crippen LogP contribution is -2.38. The number of ether oxygens (including phenoxy) is 4. The van der Waals surface area contributed by atoms with Crippen molar-refractivity contribution >= 4 is 23.0 Å². The number of carbonyl (C=O) groups excluding carboxylic acids is 1. The highest BCUT2D eigenvalue weighted by Crippen LogP contribution is 2.43. The molecule has 1 aliphatic heterocycles. The number of anilines is 1. The zero-order valence-corrected chi connectivity index (χ0v) is 28.1. The van der Waals surface area contributed by atoms with Crippen LogP contribution in [0.3, 0.4) is 0 Å². The van der Waals surface area contributed by atoms with E-state index >= 15 is 0 Å². The topological polar surface area (TPSA) is 150 Å². The fourth-order valence-electron chi connectivity index (χ4n) is 6.47. The van der Waals surface area contributed by atoms with Gasteiger partial charge in [-0.3, -0.25) is 24.5 Å². The van der Waals surface area contributed by atoms with Crippen LogP contribution in [0.2, 0.25) is 0 Å². The van der Waals surface area contributed by atoms with Crippen molar-refractivity contribution in [2.75, 3.05) is 26.1 Å². The highest BCUT2D eigenvalue weighted by atomic mass is 16.6. The largest absolute Gasteiger partial charge is 0.497 e. The molecule has 0 spiro atoms. The second kappa shape index (κ2) is 14.6. The summed E-state index contributed by atoms with van der Waals surface area (Å²) in [5, 5.41) is 14.0. The molecule has 6 aromatic rings. The van der Waals surface area contributed by atoms with Gasteiger partial charge in [0.2, 0.25) is 11.9 Å². The first-order chi connectivity index (χ1) is 24.9. The normalized spacial score (nSPS) is 17.4. The number of fused-ring (bicyclic) bond motifs is 1. The number of rotatable bonds is 12. The molecule has 260 valence electrons. The van der Waals surface area contributed by atoms with Crippen molar-refractivity contribution in [3.63, 3.8) is 0 Å². The first-order valence-electron chi connectivity index (χ1n) is 16.5. The third kappa shape index (κ3) is 6.84. The number of hydrogen-bond donors (Lipinski definition) is 3. The molecule has 51 heavy (non-hydrogen) atoms. The minimum atomic E-state index is -1.11. The van der Waals surface area contributed by atoms with Crippen LogP contribution in [0, 0.1) is 0 Å². The van der Waals surface area contributed by atoms with E-state index in [0.29, 0.717) is 11.5 Å². The lowest BCUT2D eigenvalue weighted by Gasteiger charge is -2.37. The molecule has 12 nitrogen and oxygen atoms in total. The number of H-pyrrole nitrogens is 1. The minimum Gasteiger partial charge on any atom is -0.497 e. The number of benzene rings is 4. The predicted octanol–water partition coefficient (Wildman–Crippen LogP) is 4.98. The summed E-state index contributed by atoms with van der Waals surface area (Å²) in [5.74, 6) is 1.05. The van der Waals surface area contributed by atoms with Gasteiger partial charge in [-0.1, -0.05) is 84.9 Å². The summed E-state index contributed by atoms with van der Waals surface area (Å²) in [4.78, 5) is 37.0. The molecule has 0 unspecified atom stereocenters. The number of aromatic nitrogens is 4.